The van der Waals surface area contributed by atoms with Crippen molar-refractivity contribution >= 4 is 10.0 Å². The topological polar surface area (TPSA) is 9.23 Å². The molecular weight excluding hydrogens is 168 g/mol. The van der Waals surface area contributed by atoms with Crippen molar-refractivity contribution in [2.24, 2.45) is 0 Å². The molecule has 0 spiro atoms. The standard InChI is InChI=1S/C10H22OS/c1-10(2,3)11-9-12(4)7-5-6-8-12/h5-9H2,1-4H3. The van der Waals surface area contributed by atoms with Gasteiger partial charge in [0.25, 0.3) is 0 Å². The predicted octanol–water partition coefficient (Wildman–Crippen LogP) is 2.99. The molecule has 1 aliphatic heterocycles. The summed E-state index contributed by atoms with van der Waals surface area (Å²) in [4.78, 5) is 0. The zero-order valence-corrected chi connectivity index (χ0v) is 9.67. The second kappa shape index (κ2) is 3.59. The summed E-state index contributed by atoms with van der Waals surface area (Å²) in [5.74, 6) is 3.89. The molecule has 0 amide bonds. The molecule has 1 rings (SSSR count). The molecule has 1 fully saturated rings. The molecule has 0 unspecified atom stereocenters. The lowest BCUT2D eigenvalue weighted by Gasteiger charge is -2.33. The van der Waals surface area contributed by atoms with Crippen LogP contribution in [0.3, 0.4) is 0 Å². The largest absolute Gasteiger partial charge is 0.367 e. The molecular formula is C10H22OS. The lowest BCUT2D eigenvalue weighted by molar-refractivity contribution is 0.0274. The van der Waals surface area contributed by atoms with E-state index in [-0.39, 0.29) is 15.6 Å². The van der Waals surface area contributed by atoms with Gasteiger partial charge in [0.15, 0.2) is 0 Å². The molecule has 0 aromatic rings. The fourth-order valence-corrected chi connectivity index (χ4v) is 4.32. The van der Waals surface area contributed by atoms with Crippen LogP contribution in [0.15, 0.2) is 0 Å². The van der Waals surface area contributed by atoms with Gasteiger partial charge in [-0.05, 0) is 51.4 Å². The van der Waals surface area contributed by atoms with Crippen LogP contribution in [0.4, 0.5) is 0 Å². The van der Waals surface area contributed by atoms with Crippen molar-refractivity contribution < 1.29 is 4.74 Å². The van der Waals surface area contributed by atoms with E-state index in [1.807, 2.05) is 0 Å². The SMILES string of the molecule is CC(C)(C)OCS1(C)CCCC1. The Balaban J connectivity index is 2.30. The summed E-state index contributed by atoms with van der Waals surface area (Å²) in [5, 5.41) is 0. The number of ether oxygens (including phenoxy) is 1. The monoisotopic (exact) mass is 190 g/mol. The van der Waals surface area contributed by atoms with Gasteiger partial charge in [0.2, 0.25) is 0 Å². The van der Waals surface area contributed by atoms with Crippen LogP contribution in [0, 0.1) is 0 Å². The minimum Gasteiger partial charge on any atom is -0.367 e. The van der Waals surface area contributed by atoms with Crippen molar-refractivity contribution in [1.82, 2.24) is 0 Å². The van der Waals surface area contributed by atoms with Gasteiger partial charge in [0, 0.05) is 0 Å². The summed E-state index contributed by atoms with van der Waals surface area (Å²) in [6, 6.07) is 0. The van der Waals surface area contributed by atoms with Gasteiger partial charge < -0.3 is 4.74 Å². The number of hydrogen-bond acceptors (Lipinski definition) is 1. The first-order chi connectivity index (χ1) is 5.41. The van der Waals surface area contributed by atoms with E-state index in [0.717, 1.165) is 5.94 Å². The highest BCUT2D eigenvalue weighted by Gasteiger charge is 2.25. The Morgan fingerprint density at radius 3 is 2.08 bits per heavy atom. The molecule has 0 radical (unpaired) electrons. The third-order valence-corrected chi connectivity index (χ3v) is 5.54. The normalized spacial score (nSPS) is 25.7. The Morgan fingerprint density at radius 2 is 1.67 bits per heavy atom. The first-order valence-electron chi connectivity index (χ1n) is 4.77. The third-order valence-electron chi connectivity index (χ3n) is 2.30. The lowest BCUT2D eigenvalue weighted by Crippen LogP contribution is -2.22. The van der Waals surface area contributed by atoms with Gasteiger partial charge in [-0.15, -0.1) is 0 Å². The van der Waals surface area contributed by atoms with Crippen molar-refractivity contribution in [3.05, 3.63) is 0 Å². The first kappa shape index (κ1) is 10.4. The molecule has 74 valence electrons. The van der Waals surface area contributed by atoms with Crippen LogP contribution in [0.25, 0.3) is 0 Å². The van der Waals surface area contributed by atoms with Crippen molar-refractivity contribution in [3.63, 3.8) is 0 Å². The summed E-state index contributed by atoms with van der Waals surface area (Å²) in [5.41, 5.74) is 0.0542. The molecule has 1 heterocycles. The van der Waals surface area contributed by atoms with Gasteiger partial charge in [0.05, 0.1) is 11.5 Å². The van der Waals surface area contributed by atoms with Crippen molar-refractivity contribution in [2.75, 3.05) is 23.7 Å². The molecule has 0 N–H and O–H groups in total. The van der Waals surface area contributed by atoms with Crippen molar-refractivity contribution in [2.45, 2.75) is 39.2 Å². The first-order valence-corrected chi connectivity index (χ1v) is 7.32. The highest BCUT2D eigenvalue weighted by atomic mass is 32.3. The van der Waals surface area contributed by atoms with E-state index in [1.54, 1.807) is 0 Å². The van der Waals surface area contributed by atoms with Crippen LogP contribution >= 0.6 is 10.0 Å². The van der Waals surface area contributed by atoms with Gasteiger partial charge in [-0.3, -0.25) is 0 Å². The Morgan fingerprint density at radius 1 is 1.17 bits per heavy atom. The summed E-state index contributed by atoms with van der Waals surface area (Å²) < 4.78 is 5.85. The highest BCUT2D eigenvalue weighted by molar-refractivity contribution is 8.33. The van der Waals surface area contributed by atoms with Gasteiger partial charge in [-0.1, -0.05) is 0 Å². The second-order valence-corrected chi connectivity index (χ2v) is 8.98. The average Bonchev–Trinajstić information content (AvgIpc) is 2.32. The van der Waals surface area contributed by atoms with Crippen LogP contribution in [0.1, 0.15) is 33.6 Å². The molecule has 1 aliphatic rings. The smallest absolute Gasteiger partial charge is 0.0775 e. The zero-order valence-electron chi connectivity index (χ0n) is 8.85. The molecule has 0 bridgehead atoms. The van der Waals surface area contributed by atoms with E-state index in [4.69, 9.17) is 4.74 Å². The Hall–Kier alpha value is 0.310. The summed E-state index contributed by atoms with van der Waals surface area (Å²) in [6.07, 6.45) is 5.30. The zero-order chi connectivity index (χ0) is 9.24. The maximum atomic E-state index is 5.85. The summed E-state index contributed by atoms with van der Waals surface area (Å²) >= 11 is 0. The van der Waals surface area contributed by atoms with Crippen LogP contribution in [-0.4, -0.2) is 29.3 Å². The van der Waals surface area contributed by atoms with E-state index in [1.165, 1.54) is 24.3 Å². The molecule has 1 nitrogen and oxygen atoms in total. The van der Waals surface area contributed by atoms with Crippen molar-refractivity contribution in [3.8, 4) is 0 Å². The summed E-state index contributed by atoms with van der Waals surface area (Å²) in [6.45, 7) is 6.43. The maximum Gasteiger partial charge on any atom is 0.0775 e. The Kier molecular flexibility index (Phi) is 3.11. The molecule has 0 aromatic heterocycles. The van der Waals surface area contributed by atoms with E-state index in [0.29, 0.717) is 0 Å². The van der Waals surface area contributed by atoms with Crippen LogP contribution < -0.4 is 0 Å². The molecule has 1 saturated heterocycles. The lowest BCUT2D eigenvalue weighted by atomic mass is 10.2. The van der Waals surface area contributed by atoms with Gasteiger partial charge in [-0.2, -0.15) is 0 Å². The molecule has 0 aromatic carbocycles. The van der Waals surface area contributed by atoms with Crippen molar-refractivity contribution in [1.29, 1.82) is 0 Å². The highest BCUT2D eigenvalue weighted by Crippen LogP contribution is 2.50. The van der Waals surface area contributed by atoms with E-state index in [2.05, 4.69) is 27.0 Å². The van der Waals surface area contributed by atoms with Crippen LogP contribution in [0.5, 0.6) is 0 Å². The fraction of sp³-hybridized carbons (Fsp3) is 1.00. The quantitative estimate of drug-likeness (QED) is 0.650. The molecule has 0 aliphatic carbocycles. The van der Waals surface area contributed by atoms with Crippen LogP contribution in [-0.2, 0) is 4.74 Å². The molecule has 12 heavy (non-hydrogen) atoms. The van der Waals surface area contributed by atoms with E-state index >= 15 is 0 Å². The Bertz CT molecular complexity index is 142. The maximum absolute atomic E-state index is 5.85. The van der Waals surface area contributed by atoms with E-state index < -0.39 is 0 Å². The number of hydrogen-bond donors (Lipinski definition) is 0. The molecule has 0 atom stereocenters. The average molecular weight is 190 g/mol. The minimum absolute atomic E-state index is 0.0542. The van der Waals surface area contributed by atoms with E-state index in [9.17, 15) is 0 Å². The number of rotatable bonds is 2. The summed E-state index contributed by atoms with van der Waals surface area (Å²) in [7, 11) is -0.359. The van der Waals surface area contributed by atoms with Gasteiger partial charge in [-0.25, -0.2) is 10.0 Å². The van der Waals surface area contributed by atoms with Gasteiger partial charge in [0.1, 0.15) is 0 Å². The third kappa shape index (κ3) is 3.36. The minimum atomic E-state index is -0.359. The van der Waals surface area contributed by atoms with Gasteiger partial charge >= 0.3 is 0 Å². The predicted molar refractivity (Wildman–Crippen MR) is 58.2 cm³/mol. The second-order valence-electron chi connectivity index (χ2n) is 4.97. The van der Waals surface area contributed by atoms with Crippen LogP contribution in [0.2, 0.25) is 0 Å². The molecule has 0 saturated carbocycles. The molecule has 2 heteroatoms. The Labute approximate surface area is 78.2 Å². The fourth-order valence-electron chi connectivity index (χ4n) is 1.44.